The van der Waals surface area contributed by atoms with E-state index in [1.807, 2.05) is 10.8 Å². The fraction of sp³-hybridized carbons (Fsp3) is 0.727. The largest absolute Gasteiger partial charge is 0.474 e. The minimum atomic E-state index is 0.556. The Morgan fingerprint density at radius 1 is 0.630 bits per heavy atom. The highest BCUT2D eigenvalue weighted by atomic mass is 32.1. The molecule has 0 bridgehead atoms. The average Bonchev–Trinajstić information content (AvgIpc) is 3.13. The van der Waals surface area contributed by atoms with Gasteiger partial charge in [0, 0.05) is 10.8 Å². The molecule has 0 radical (unpaired) electrons. The molecule has 0 N–H and O–H groups in total. The van der Waals surface area contributed by atoms with Crippen LogP contribution in [0.15, 0.2) is 10.8 Å². The van der Waals surface area contributed by atoms with Crippen molar-refractivity contribution in [3.8, 4) is 11.8 Å². The van der Waals surface area contributed by atoms with Crippen molar-refractivity contribution in [1.82, 2.24) is 9.97 Å². The summed E-state index contributed by atoms with van der Waals surface area (Å²) in [6, 6.07) is 0. The number of ether oxygens (including phenoxy) is 2. The number of rotatable bonds is 16. The molecule has 0 aliphatic carbocycles. The van der Waals surface area contributed by atoms with Crippen molar-refractivity contribution < 1.29 is 9.47 Å². The van der Waals surface area contributed by atoms with Crippen LogP contribution in [0.25, 0.3) is 11.0 Å². The molecule has 0 atom stereocenters. The maximum atomic E-state index is 5.94. The lowest BCUT2D eigenvalue weighted by atomic mass is 10.1. The van der Waals surface area contributed by atoms with Gasteiger partial charge in [-0.2, -0.15) is 0 Å². The van der Waals surface area contributed by atoms with E-state index >= 15 is 0 Å². The maximum Gasteiger partial charge on any atom is 0.278 e. The molecule has 0 amide bonds. The van der Waals surface area contributed by atoms with E-state index in [0.717, 1.165) is 23.9 Å². The van der Waals surface area contributed by atoms with Crippen molar-refractivity contribution in [2.24, 2.45) is 0 Å². The summed E-state index contributed by atoms with van der Waals surface area (Å²) in [5.74, 6) is 1.11. The first kappa shape index (κ1) is 21.9. The molecule has 2 aromatic heterocycles. The molecule has 4 nitrogen and oxygen atoms in total. The van der Waals surface area contributed by atoms with Gasteiger partial charge in [0.05, 0.1) is 13.2 Å². The molecular weight excluding hydrogens is 356 g/mol. The summed E-state index contributed by atoms with van der Waals surface area (Å²) in [4.78, 5) is 9.25. The lowest BCUT2D eigenvalue weighted by molar-refractivity contribution is 0.243. The number of hydrogen-bond donors (Lipinski definition) is 0. The summed E-state index contributed by atoms with van der Waals surface area (Å²) in [6.07, 6.45) is 15.0. The minimum absolute atomic E-state index is 0.556. The average molecular weight is 393 g/mol. The van der Waals surface area contributed by atoms with Crippen LogP contribution in [0, 0.1) is 0 Å². The third-order valence-electron chi connectivity index (χ3n) is 4.72. The van der Waals surface area contributed by atoms with E-state index in [4.69, 9.17) is 9.47 Å². The normalized spacial score (nSPS) is 11.2. The van der Waals surface area contributed by atoms with Gasteiger partial charge in [-0.25, -0.2) is 9.97 Å². The van der Waals surface area contributed by atoms with Gasteiger partial charge < -0.3 is 9.47 Å². The van der Waals surface area contributed by atoms with Crippen LogP contribution in [-0.4, -0.2) is 23.2 Å². The van der Waals surface area contributed by atoms with Crippen molar-refractivity contribution in [1.29, 1.82) is 0 Å². The molecule has 27 heavy (non-hydrogen) atoms. The van der Waals surface area contributed by atoms with Gasteiger partial charge in [-0.3, -0.25) is 0 Å². The highest BCUT2D eigenvalue weighted by Crippen LogP contribution is 2.28. The van der Waals surface area contributed by atoms with Gasteiger partial charge in [-0.15, -0.1) is 11.3 Å². The van der Waals surface area contributed by atoms with E-state index in [1.165, 1.54) is 64.2 Å². The molecule has 0 aliphatic heterocycles. The lowest BCUT2D eigenvalue weighted by Gasteiger charge is -2.11. The zero-order valence-electron chi connectivity index (χ0n) is 17.2. The van der Waals surface area contributed by atoms with Gasteiger partial charge in [-0.1, -0.05) is 78.1 Å². The van der Waals surface area contributed by atoms with Crippen LogP contribution < -0.4 is 9.47 Å². The molecule has 2 rings (SSSR count). The van der Waals surface area contributed by atoms with Crippen LogP contribution in [0.5, 0.6) is 11.8 Å². The summed E-state index contributed by atoms with van der Waals surface area (Å²) in [6.45, 7) is 5.86. The fourth-order valence-corrected chi connectivity index (χ4v) is 3.73. The van der Waals surface area contributed by atoms with Gasteiger partial charge in [0.15, 0.2) is 0 Å². The monoisotopic (exact) mass is 392 g/mol. The Labute approximate surface area is 168 Å². The van der Waals surface area contributed by atoms with Crippen LogP contribution in [0.1, 0.15) is 90.9 Å². The molecule has 0 aliphatic rings. The molecule has 0 saturated heterocycles. The zero-order valence-corrected chi connectivity index (χ0v) is 18.0. The van der Waals surface area contributed by atoms with Gasteiger partial charge in [0.2, 0.25) is 0 Å². The Hall–Kier alpha value is -1.36. The van der Waals surface area contributed by atoms with Crippen LogP contribution in [-0.2, 0) is 0 Å². The molecule has 0 saturated carbocycles. The third-order valence-corrected chi connectivity index (χ3v) is 5.44. The Bertz CT molecular complexity index is 578. The quantitative estimate of drug-likeness (QED) is 0.284. The van der Waals surface area contributed by atoms with E-state index < -0.39 is 0 Å². The van der Waals surface area contributed by atoms with E-state index in [9.17, 15) is 0 Å². The van der Waals surface area contributed by atoms with E-state index in [0.29, 0.717) is 25.0 Å². The Morgan fingerprint density at radius 3 is 1.48 bits per heavy atom. The SMILES string of the molecule is CCCCCCCCOc1nc2cscc2nc1OCCCCCCCC. The highest BCUT2D eigenvalue weighted by molar-refractivity contribution is 7.09. The first-order valence-corrected chi connectivity index (χ1v) is 11.8. The van der Waals surface area contributed by atoms with Crippen molar-refractivity contribution in [3.05, 3.63) is 10.8 Å². The Morgan fingerprint density at radius 2 is 1.04 bits per heavy atom. The topological polar surface area (TPSA) is 44.2 Å². The van der Waals surface area contributed by atoms with E-state index in [-0.39, 0.29) is 0 Å². The molecule has 0 aromatic carbocycles. The lowest BCUT2D eigenvalue weighted by Crippen LogP contribution is -2.06. The van der Waals surface area contributed by atoms with Gasteiger partial charge >= 0.3 is 0 Å². The van der Waals surface area contributed by atoms with E-state index in [2.05, 4.69) is 23.8 Å². The maximum absolute atomic E-state index is 5.94. The zero-order chi connectivity index (χ0) is 19.2. The third kappa shape index (κ3) is 8.46. The fourth-order valence-electron chi connectivity index (χ4n) is 3.06. The van der Waals surface area contributed by atoms with Crippen molar-refractivity contribution in [2.75, 3.05) is 13.2 Å². The van der Waals surface area contributed by atoms with Gasteiger partial charge in [0.25, 0.3) is 11.8 Å². The number of nitrogens with zero attached hydrogens (tertiary/aromatic N) is 2. The van der Waals surface area contributed by atoms with Gasteiger partial charge in [0.1, 0.15) is 11.0 Å². The minimum Gasteiger partial charge on any atom is -0.474 e. The summed E-state index contributed by atoms with van der Waals surface area (Å²) < 4.78 is 11.9. The molecule has 0 fully saturated rings. The summed E-state index contributed by atoms with van der Waals surface area (Å²) in [7, 11) is 0. The number of aromatic nitrogens is 2. The second kappa shape index (κ2) is 13.8. The Kier molecular flexibility index (Phi) is 11.2. The first-order valence-electron chi connectivity index (χ1n) is 10.8. The van der Waals surface area contributed by atoms with Crippen molar-refractivity contribution in [3.63, 3.8) is 0 Å². The highest BCUT2D eigenvalue weighted by Gasteiger charge is 2.12. The first-order chi connectivity index (χ1) is 13.3. The molecule has 2 aromatic rings. The van der Waals surface area contributed by atoms with Gasteiger partial charge in [-0.05, 0) is 12.8 Å². The van der Waals surface area contributed by atoms with Crippen molar-refractivity contribution >= 4 is 22.4 Å². The molecule has 2 heterocycles. The number of thiophene rings is 1. The standard InChI is InChI=1S/C22H36N2O2S/c1-3-5-7-9-11-13-15-25-21-22(24-20-18-27-17-19(20)23-21)26-16-14-12-10-8-6-4-2/h17-18H,3-16H2,1-2H3. The second-order valence-electron chi connectivity index (χ2n) is 7.21. The number of hydrogen-bond acceptors (Lipinski definition) is 5. The smallest absolute Gasteiger partial charge is 0.278 e. The Balaban J connectivity index is 1.78. The molecule has 5 heteroatoms. The van der Waals surface area contributed by atoms with Crippen LogP contribution in [0.2, 0.25) is 0 Å². The molecule has 0 spiro atoms. The molecular formula is C22H36N2O2S. The summed E-state index contributed by atoms with van der Waals surface area (Å²) in [5.41, 5.74) is 1.79. The van der Waals surface area contributed by atoms with Crippen LogP contribution in [0.4, 0.5) is 0 Å². The summed E-state index contributed by atoms with van der Waals surface area (Å²) in [5, 5.41) is 4.02. The predicted molar refractivity (Wildman–Crippen MR) is 115 cm³/mol. The van der Waals surface area contributed by atoms with E-state index in [1.54, 1.807) is 11.3 Å². The van der Waals surface area contributed by atoms with Crippen LogP contribution >= 0.6 is 11.3 Å². The molecule has 0 unspecified atom stereocenters. The van der Waals surface area contributed by atoms with Crippen LogP contribution in [0.3, 0.4) is 0 Å². The summed E-state index contributed by atoms with van der Waals surface area (Å²) >= 11 is 1.61. The van der Waals surface area contributed by atoms with Crippen molar-refractivity contribution in [2.45, 2.75) is 90.9 Å². The second-order valence-corrected chi connectivity index (χ2v) is 7.95. The number of fused-ring (bicyclic) bond motifs is 1. The molecule has 152 valence electrons. The predicted octanol–water partition coefficient (Wildman–Crippen LogP) is 7.17. The number of unbranched alkanes of at least 4 members (excludes halogenated alkanes) is 10.